The van der Waals surface area contributed by atoms with Crippen molar-refractivity contribution in [3.8, 4) is 0 Å². The minimum absolute atomic E-state index is 0.0202. The molecule has 3 aromatic rings. The van der Waals surface area contributed by atoms with Gasteiger partial charge < -0.3 is 9.80 Å². The Balaban J connectivity index is 1.50. The van der Waals surface area contributed by atoms with Crippen LogP contribution in [0.3, 0.4) is 0 Å². The number of carbonyl (C=O) groups is 1. The topological polar surface area (TPSA) is 71.6 Å². The molecule has 4 heterocycles. The van der Waals surface area contributed by atoms with Crippen molar-refractivity contribution in [2.75, 3.05) is 31.1 Å². The lowest BCUT2D eigenvalue weighted by Crippen LogP contribution is -2.36. The number of aryl methyl sites for hydroxylation is 1. The quantitative estimate of drug-likeness (QED) is 0.701. The first-order chi connectivity index (χ1) is 12.7. The van der Waals surface area contributed by atoms with Gasteiger partial charge in [0.25, 0.3) is 5.91 Å². The van der Waals surface area contributed by atoms with Gasteiger partial charge in [-0.25, -0.2) is 0 Å². The second-order valence-corrected chi connectivity index (χ2v) is 6.70. The monoisotopic (exact) mass is 373 g/mol. The fourth-order valence-corrected chi connectivity index (χ4v) is 3.36. The van der Waals surface area contributed by atoms with Crippen LogP contribution in [0.1, 0.15) is 23.8 Å². The molecule has 1 aliphatic heterocycles. The number of aromatic nitrogens is 5. The van der Waals surface area contributed by atoms with E-state index >= 15 is 0 Å². The molecule has 8 nitrogen and oxygen atoms in total. The molecule has 0 N–H and O–H groups in total. The Morgan fingerprint density at radius 1 is 1.15 bits per heavy atom. The van der Waals surface area contributed by atoms with Crippen LogP contribution in [0.4, 0.5) is 5.95 Å². The molecule has 0 spiro atoms. The fraction of sp³-hybridized carbons (Fsp3) is 0.412. The van der Waals surface area contributed by atoms with Crippen LogP contribution >= 0.6 is 11.6 Å². The summed E-state index contributed by atoms with van der Waals surface area (Å²) in [7, 11) is 0. The van der Waals surface area contributed by atoms with Crippen LogP contribution in [-0.4, -0.2) is 61.4 Å². The van der Waals surface area contributed by atoms with Crippen molar-refractivity contribution >= 4 is 29.1 Å². The van der Waals surface area contributed by atoms with Gasteiger partial charge in [-0.15, -0.1) is 10.2 Å². The molecular formula is C17H20ClN7O. The highest BCUT2D eigenvalue weighted by atomic mass is 35.5. The molecule has 1 amide bonds. The number of pyridine rings is 1. The molecule has 1 saturated heterocycles. The predicted octanol–water partition coefficient (Wildman–Crippen LogP) is 1.95. The molecule has 3 aromatic heterocycles. The zero-order chi connectivity index (χ0) is 18.1. The Morgan fingerprint density at radius 3 is 2.85 bits per heavy atom. The van der Waals surface area contributed by atoms with Crippen LogP contribution in [0.15, 0.2) is 30.6 Å². The SMILES string of the molecule is CCn1ccc(C(=O)N2CCCN(c3nnc4ccc(Cl)cn34)CC2)n1. The van der Waals surface area contributed by atoms with E-state index in [-0.39, 0.29) is 5.91 Å². The predicted molar refractivity (Wildman–Crippen MR) is 98.6 cm³/mol. The van der Waals surface area contributed by atoms with E-state index in [1.54, 1.807) is 16.8 Å². The van der Waals surface area contributed by atoms with Gasteiger partial charge in [-0.05, 0) is 31.5 Å². The highest BCUT2D eigenvalue weighted by molar-refractivity contribution is 6.30. The fourth-order valence-electron chi connectivity index (χ4n) is 3.20. The van der Waals surface area contributed by atoms with Crippen LogP contribution < -0.4 is 4.90 Å². The average Bonchev–Trinajstić information content (AvgIpc) is 3.22. The van der Waals surface area contributed by atoms with E-state index in [9.17, 15) is 4.79 Å². The van der Waals surface area contributed by atoms with Gasteiger partial charge in [0.1, 0.15) is 5.69 Å². The summed E-state index contributed by atoms with van der Waals surface area (Å²) in [6, 6.07) is 5.42. The molecule has 26 heavy (non-hydrogen) atoms. The van der Waals surface area contributed by atoms with Crippen LogP contribution in [0.5, 0.6) is 0 Å². The number of fused-ring (bicyclic) bond motifs is 1. The Morgan fingerprint density at radius 2 is 2.04 bits per heavy atom. The Kier molecular flexibility index (Phi) is 4.50. The molecule has 0 atom stereocenters. The van der Waals surface area contributed by atoms with Crippen molar-refractivity contribution in [1.82, 2.24) is 29.3 Å². The molecule has 136 valence electrons. The molecule has 0 aromatic carbocycles. The van der Waals surface area contributed by atoms with E-state index in [4.69, 9.17) is 11.6 Å². The maximum absolute atomic E-state index is 12.7. The summed E-state index contributed by atoms with van der Waals surface area (Å²) >= 11 is 6.11. The van der Waals surface area contributed by atoms with Gasteiger partial charge >= 0.3 is 0 Å². The standard InChI is InChI=1S/C17H20ClN7O/c1-2-24-9-6-14(21-24)16(26)22-7-3-8-23(11-10-22)17-20-19-15-5-4-13(18)12-25(15)17/h4-6,9,12H,2-3,7-8,10-11H2,1H3. The van der Waals surface area contributed by atoms with Crippen molar-refractivity contribution in [1.29, 1.82) is 0 Å². The van der Waals surface area contributed by atoms with Crippen LogP contribution in [0, 0.1) is 0 Å². The van der Waals surface area contributed by atoms with Crippen molar-refractivity contribution in [3.05, 3.63) is 41.3 Å². The number of anilines is 1. The maximum Gasteiger partial charge on any atom is 0.274 e. The van der Waals surface area contributed by atoms with Gasteiger partial charge in [0.05, 0.1) is 5.02 Å². The molecule has 0 saturated carbocycles. The zero-order valence-electron chi connectivity index (χ0n) is 14.5. The Labute approximate surface area is 156 Å². The van der Waals surface area contributed by atoms with Gasteiger partial charge in [-0.2, -0.15) is 5.10 Å². The molecule has 1 aliphatic rings. The lowest BCUT2D eigenvalue weighted by Gasteiger charge is -2.21. The van der Waals surface area contributed by atoms with E-state index < -0.39 is 0 Å². The van der Waals surface area contributed by atoms with E-state index in [1.807, 2.05) is 34.7 Å². The van der Waals surface area contributed by atoms with Gasteiger partial charge in [0.15, 0.2) is 5.65 Å². The van der Waals surface area contributed by atoms with Crippen molar-refractivity contribution in [2.24, 2.45) is 0 Å². The van der Waals surface area contributed by atoms with Gasteiger partial charge in [0, 0.05) is 45.1 Å². The number of rotatable bonds is 3. The smallest absolute Gasteiger partial charge is 0.274 e. The van der Waals surface area contributed by atoms with E-state index in [0.29, 0.717) is 30.4 Å². The maximum atomic E-state index is 12.7. The minimum atomic E-state index is -0.0202. The molecule has 0 bridgehead atoms. The van der Waals surface area contributed by atoms with Gasteiger partial charge in [-0.1, -0.05) is 11.6 Å². The second-order valence-electron chi connectivity index (χ2n) is 6.26. The summed E-state index contributed by atoms with van der Waals surface area (Å²) in [6.45, 7) is 5.57. The van der Waals surface area contributed by atoms with Crippen LogP contribution in [0.25, 0.3) is 5.65 Å². The van der Waals surface area contributed by atoms with Gasteiger partial charge in [0.2, 0.25) is 5.95 Å². The van der Waals surface area contributed by atoms with Gasteiger partial charge in [-0.3, -0.25) is 13.9 Å². The lowest BCUT2D eigenvalue weighted by atomic mass is 10.3. The van der Waals surface area contributed by atoms with E-state index in [2.05, 4.69) is 20.2 Å². The summed E-state index contributed by atoms with van der Waals surface area (Å²) in [4.78, 5) is 16.7. The molecule has 0 radical (unpaired) electrons. The molecule has 0 unspecified atom stereocenters. The summed E-state index contributed by atoms with van der Waals surface area (Å²) in [5, 5.41) is 13.5. The van der Waals surface area contributed by atoms with Crippen LogP contribution in [0.2, 0.25) is 5.02 Å². The third kappa shape index (κ3) is 3.12. The third-order valence-electron chi connectivity index (χ3n) is 4.60. The summed E-state index contributed by atoms with van der Waals surface area (Å²) in [6.07, 6.45) is 4.51. The normalized spacial score (nSPS) is 15.5. The minimum Gasteiger partial charge on any atom is -0.339 e. The number of nitrogens with zero attached hydrogens (tertiary/aromatic N) is 7. The highest BCUT2D eigenvalue weighted by Gasteiger charge is 2.24. The lowest BCUT2D eigenvalue weighted by molar-refractivity contribution is 0.0760. The number of carbonyl (C=O) groups excluding carboxylic acids is 1. The number of halogens is 1. The zero-order valence-corrected chi connectivity index (χ0v) is 15.3. The second kappa shape index (κ2) is 6.95. The average molecular weight is 374 g/mol. The van der Waals surface area contributed by atoms with Crippen molar-refractivity contribution in [3.63, 3.8) is 0 Å². The van der Waals surface area contributed by atoms with Crippen molar-refractivity contribution in [2.45, 2.75) is 19.9 Å². The highest BCUT2D eigenvalue weighted by Crippen LogP contribution is 2.19. The molecule has 9 heteroatoms. The Hall–Kier alpha value is -2.61. The van der Waals surface area contributed by atoms with E-state index in [1.165, 1.54) is 0 Å². The summed E-state index contributed by atoms with van der Waals surface area (Å²) in [5.74, 6) is 0.736. The molecular weight excluding hydrogens is 354 g/mol. The molecule has 1 fully saturated rings. The first-order valence-corrected chi connectivity index (χ1v) is 9.11. The molecule has 0 aliphatic carbocycles. The number of amides is 1. The summed E-state index contributed by atoms with van der Waals surface area (Å²) < 4.78 is 3.66. The van der Waals surface area contributed by atoms with Crippen LogP contribution in [-0.2, 0) is 6.54 Å². The summed E-state index contributed by atoms with van der Waals surface area (Å²) in [5.41, 5.74) is 1.26. The largest absolute Gasteiger partial charge is 0.339 e. The van der Waals surface area contributed by atoms with E-state index in [0.717, 1.165) is 31.1 Å². The third-order valence-corrected chi connectivity index (χ3v) is 4.82. The number of hydrogen-bond acceptors (Lipinski definition) is 5. The first-order valence-electron chi connectivity index (χ1n) is 8.73. The number of hydrogen-bond donors (Lipinski definition) is 0. The molecule has 4 rings (SSSR count). The first kappa shape index (κ1) is 16.8. The Bertz CT molecular complexity index is 934. The van der Waals surface area contributed by atoms with Crippen molar-refractivity contribution < 1.29 is 4.79 Å².